The van der Waals surface area contributed by atoms with Gasteiger partial charge >= 0.3 is 0 Å². The van der Waals surface area contributed by atoms with Crippen molar-refractivity contribution in [3.8, 4) is 5.75 Å². The highest BCUT2D eigenvalue weighted by molar-refractivity contribution is 7.77. The summed E-state index contributed by atoms with van der Waals surface area (Å²) in [7, 11) is 0. The fourth-order valence-corrected chi connectivity index (χ4v) is 4.55. The Bertz CT molecular complexity index is 1190. The average Bonchev–Trinajstić information content (AvgIpc) is 3.11. The van der Waals surface area contributed by atoms with Crippen molar-refractivity contribution in [2.24, 2.45) is 5.92 Å². The lowest BCUT2D eigenvalue weighted by atomic mass is 10.1. The lowest BCUT2D eigenvalue weighted by Gasteiger charge is -2.24. The Labute approximate surface area is 214 Å². The average molecular weight is 519 g/mol. The van der Waals surface area contributed by atoms with Crippen LogP contribution in [0.2, 0.25) is 5.02 Å². The molecule has 9 heteroatoms. The third-order valence-electron chi connectivity index (χ3n) is 5.87. The first kappa shape index (κ1) is 27.2. The third kappa shape index (κ3) is 7.06. The van der Waals surface area contributed by atoms with Gasteiger partial charge in [-0.2, -0.15) is 0 Å². The molecule has 0 aliphatic heterocycles. The lowest BCUT2D eigenvalue weighted by molar-refractivity contribution is 0.0857. The first-order valence-corrected chi connectivity index (χ1v) is 13.4. The maximum absolute atomic E-state index is 13.0. The molecule has 0 spiro atoms. The van der Waals surface area contributed by atoms with Gasteiger partial charge in [0, 0.05) is 28.4 Å². The predicted molar refractivity (Wildman–Crippen MR) is 139 cm³/mol. The molecule has 0 saturated carbocycles. The van der Waals surface area contributed by atoms with Crippen LogP contribution in [0.5, 0.6) is 5.75 Å². The molecule has 3 aromatic rings. The van der Waals surface area contributed by atoms with E-state index in [9.17, 15) is 13.6 Å². The number of rotatable bonds is 12. The SMILES string of the molecule is CCCCCN(C(=O)c1ccc2nc(C)n(Cc3ccc(OCCC(C)C)cc3Cl)c2c1)S(=O)[O-]. The first-order valence-electron chi connectivity index (χ1n) is 12.0. The van der Waals surface area contributed by atoms with Crippen LogP contribution < -0.4 is 4.74 Å². The van der Waals surface area contributed by atoms with Crippen LogP contribution >= 0.6 is 11.6 Å². The Morgan fingerprint density at radius 1 is 1.23 bits per heavy atom. The molecule has 1 atom stereocenters. The van der Waals surface area contributed by atoms with E-state index in [0.717, 1.165) is 51.7 Å². The number of halogens is 1. The largest absolute Gasteiger partial charge is 0.755 e. The van der Waals surface area contributed by atoms with Gasteiger partial charge in [0.1, 0.15) is 11.6 Å². The van der Waals surface area contributed by atoms with Crippen molar-refractivity contribution >= 4 is 39.8 Å². The van der Waals surface area contributed by atoms with Crippen molar-refractivity contribution in [1.29, 1.82) is 0 Å². The van der Waals surface area contributed by atoms with Crippen molar-refractivity contribution in [3.63, 3.8) is 0 Å². The number of hydrogen-bond acceptors (Lipinski definition) is 5. The number of unbranched alkanes of at least 4 members (excludes halogenated alkanes) is 2. The summed E-state index contributed by atoms with van der Waals surface area (Å²) >= 11 is 3.94. The molecule has 190 valence electrons. The number of carbonyl (C=O) groups is 1. The van der Waals surface area contributed by atoms with Gasteiger partial charge in [0.15, 0.2) is 0 Å². The van der Waals surface area contributed by atoms with Gasteiger partial charge in [0.05, 0.1) is 24.2 Å². The molecule has 0 N–H and O–H groups in total. The molecule has 0 radical (unpaired) electrons. The van der Waals surface area contributed by atoms with E-state index < -0.39 is 17.2 Å². The smallest absolute Gasteiger partial charge is 0.264 e. The van der Waals surface area contributed by atoms with Gasteiger partial charge in [0.25, 0.3) is 5.91 Å². The maximum Gasteiger partial charge on any atom is 0.264 e. The second kappa shape index (κ2) is 12.5. The fourth-order valence-electron chi connectivity index (χ4n) is 3.80. The molecule has 2 aromatic carbocycles. The van der Waals surface area contributed by atoms with Crippen LogP contribution in [0.15, 0.2) is 36.4 Å². The molecular formula is C26H33ClN3O4S-. The number of aromatic nitrogens is 2. The van der Waals surface area contributed by atoms with E-state index in [1.54, 1.807) is 18.2 Å². The van der Waals surface area contributed by atoms with Gasteiger partial charge in [-0.05, 0) is 61.6 Å². The number of ether oxygens (including phenoxy) is 1. The van der Waals surface area contributed by atoms with Crippen molar-refractivity contribution in [3.05, 3.63) is 58.4 Å². The Balaban J connectivity index is 1.85. The predicted octanol–water partition coefficient (Wildman–Crippen LogP) is 5.90. The minimum atomic E-state index is -2.63. The van der Waals surface area contributed by atoms with E-state index in [4.69, 9.17) is 16.3 Å². The van der Waals surface area contributed by atoms with Crippen LogP contribution in [0.4, 0.5) is 0 Å². The van der Waals surface area contributed by atoms with E-state index in [0.29, 0.717) is 36.1 Å². The van der Waals surface area contributed by atoms with Gasteiger partial charge in [-0.1, -0.05) is 51.3 Å². The Morgan fingerprint density at radius 3 is 2.66 bits per heavy atom. The quantitative estimate of drug-likeness (QED) is 0.220. The zero-order chi connectivity index (χ0) is 25.5. The standard InChI is InChI=1S/C26H34ClN3O4S/c1-5-6-7-13-30(35(32)33)26(31)20-9-11-24-25(15-20)29(19(4)28-24)17-21-8-10-22(16-23(21)27)34-14-12-18(2)3/h8-11,15-16,18H,5-7,12-14,17H2,1-4H3,(H,32,33)/p-1. The Hall–Kier alpha value is -2.42. The molecule has 1 heterocycles. The summed E-state index contributed by atoms with van der Waals surface area (Å²) < 4.78 is 32.1. The number of hydrogen-bond donors (Lipinski definition) is 0. The molecule has 0 fully saturated rings. The molecule has 0 bridgehead atoms. The van der Waals surface area contributed by atoms with Gasteiger partial charge < -0.3 is 13.9 Å². The molecule has 3 rings (SSSR count). The molecule has 1 unspecified atom stereocenters. The number of amides is 1. The molecule has 35 heavy (non-hydrogen) atoms. The van der Waals surface area contributed by atoms with Crippen molar-refractivity contribution in [1.82, 2.24) is 13.9 Å². The van der Waals surface area contributed by atoms with Crippen LogP contribution in [0.1, 0.15) is 68.2 Å². The zero-order valence-corrected chi connectivity index (χ0v) is 22.3. The van der Waals surface area contributed by atoms with E-state index in [1.807, 2.05) is 36.6 Å². The van der Waals surface area contributed by atoms with Crippen LogP contribution in [0.3, 0.4) is 0 Å². The molecule has 0 aliphatic carbocycles. The van der Waals surface area contributed by atoms with E-state index in [-0.39, 0.29) is 6.54 Å². The monoisotopic (exact) mass is 518 g/mol. The summed E-state index contributed by atoms with van der Waals surface area (Å²) in [6.07, 6.45) is 3.39. The molecule has 0 aliphatic rings. The molecular weight excluding hydrogens is 486 g/mol. The minimum absolute atomic E-state index is 0.167. The zero-order valence-electron chi connectivity index (χ0n) is 20.8. The summed E-state index contributed by atoms with van der Waals surface area (Å²) in [4.78, 5) is 17.6. The third-order valence-corrected chi connectivity index (χ3v) is 6.93. The maximum atomic E-state index is 13.0. The molecule has 1 aromatic heterocycles. The molecule has 7 nitrogen and oxygen atoms in total. The summed E-state index contributed by atoms with van der Waals surface area (Å²) in [6, 6.07) is 10.7. The number of imidazole rings is 1. The Morgan fingerprint density at radius 2 is 2.00 bits per heavy atom. The van der Waals surface area contributed by atoms with Gasteiger partial charge in [0.2, 0.25) is 0 Å². The van der Waals surface area contributed by atoms with Crippen molar-refractivity contribution in [2.45, 2.75) is 59.9 Å². The number of fused-ring (bicyclic) bond motifs is 1. The highest BCUT2D eigenvalue weighted by atomic mass is 35.5. The minimum Gasteiger partial charge on any atom is -0.755 e. The number of benzene rings is 2. The second-order valence-corrected chi connectivity index (χ2v) is 10.3. The highest BCUT2D eigenvalue weighted by Crippen LogP contribution is 2.27. The summed E-state index contributed by atoms with van der Waals surface area (Å²) in [5.41, 5.74) is 2.67. The van der Waals surface area contributed by atoms with Crippen LogP contribution in [0, 0.1) is 12.8 Å². The van der Waals surface area contributed by atoms with Crippen LogP contribution in [-0.2, 0) is 17.8 Å². The van der Waals surface area contributed by atoms with E-state index in [1.165, 1.54) is 0 Å². The van der Waals surface area contributed by atoms with Gasteiger partial charge in [-0.25, -0.2) is 4.98 Å². The number of nitrogens with zero attached hydrogens (tertiary/aromatic N) is 3. The fraction of sp³-hybridized carbons (Fsp3) is 0.462. The van der Waals surface area contributed by atoms with E-state index >= 15 is 0 Å². The topological polar surface area (TPSA) is 87.5 Å². The van der Waals surface area contributed by atoms with E-state index in [2.05, 4.69) is 18.8 Å². The molecule has 0 saturated heterocycles. The van der Waals surface area contributed by atoms with Crippen molar-refractivity contribution < 1.29 is 18.3 Å². The summed E-state index contributed by atoms with van der Waals surface area (Å²) in [6.45, 7) is 9.48. The van der Waals surface area contributed by atoms with Crippen molar-refractivity contribution in [2.75, 3.05) is 13.2 Å². The number of aryl methyl sites for hydroxylation is 1. The van der Waals surface area contributed by atoms with Crippen LogP contribution in [-0.4, -0.2) is 41.7 Å². The normalized spacial score (nSPS) is 12.3. The summed E-state index contributed by atoms with van der Waals surface area (Å²) in [5, 5.41) is 0.587. The van der Waals surface area contributed by atoms with Gasteiger partial charge in [-0.3, -0.25) is 13.3 Å². The Kier molecular flexibility index (Phi) is 9.71. The first-order chi connectivity index (χ1) is 16.7. The summed E-state index contributed by atoms with van der Waals surface area (Å²) in [5.74, 6) is 1.53. The van der Waals surface area contributed by atoms with Gasteiger partial charge in [-0.15, -0.1) is 0 Å². The number of carbonyl (C=O) groups excluding carboxylic acids is 1. The lowest BCUT2D eigenvalue weighted by Crippen LogP contribution is -2.33. The second-order valence-electron chi connectivity index (χ2n) is 9.06. The highest BCUT2D eigenvalue weighted by Gasteiger charge is 2.19. The molecule has 1 amide bonds. The van der Waals surface area contributed by atoms with Crippen LogP contribution in [0.25, 0.3) is 11.0 Å².